The van der Waals surface area contributed by atoms with Crippen molar-refractivity contribution in [3.8, 4) is 0 Å². The van der Waals surface area contributed by atoms with Crippen LogP contribution in [-0.4, -0.2) is 22.1 Å². The maximum Gasteiger partial charge on any atom is 0.230 e. The van der Waals surface area contributed by atoms with Crippen LogP contribution >= 0.6 is 11.3 Å². The number of carbonyl (C=O) groups is 1. The monoisotopic (exact) mass is 304 g/mol. The highest BCUT2D eigenvalue weighted by molar-refractivity contribution is 7.18. The zero-order valence-electron chi connectivity index (χ0n) is 12.3. The molecule has 0 spiro atoms. The van der Waals surface area contributed by atoms with Crippen LogP contribution in [0.25, 0.3) is 10.2 Å². The lowest BCUT2D eigenvalue weighted by atomic mass is 10.1. The Morgan fingerprint density at radius 2 is 2.24 bits per heavy atom. The van der Waals surface area contributed by atoms with Crippen LogP contribution in [0.2, 0.25) is 0 Å². The van der Waals surface area contributed by atoms with Crippen molar-refractivity contribution in [2.75, 3.05) is 5.32 Å². The number of aliphatic hydroxyl groups is 1. The van der Waals surface area contributed by atoms with E-state index in [4.69, 9.17) is 0 Å². The molecule has 1 saturated carbocycles. The van der Waals surface area contributed by atoms with Gasteiger partial charge in [0.15, 0.2) is 0 Å². The largest absolute Gasteiger partial charge is 0.392 e. The highest BCUT2D eigenvalue weighted by atomic mass is 32.1. The molecule has 0 radical (unpaired) electrons. The summed E-state index contributed by atoms with van der Waals surface area (Å²) in [6.45, 7) is 4.25. The van der Waals surface area contributed by atoms with E-state index in [1.54, 1.807) is 11.3 Å². The molecule has 1 aromatic carbocycles. The molecule has 112 valence electrons. The molecule has 1 aromatic heterocycles. The molecule has 1 amide bonds. The van der Waals surface area contributed by atoms with E-state index >= 15 is 0 Å². The van der Waals surface area contributed by atoms with Crippen molar-refractivity contribution in [3.05, 3.63) is 23.2 Å². The Kier molecular flexibility index (Phi) is 3.95. The van der Waals surface area contributed by atoms with Gasteiger partial charge in [-0.05, 0) is 37.5 Å². The number of hydrogen-bond donors (Lipinski definition) is 2. The van der Waals surface area contributed by atoms with Crippen molar-refractivity contribution in [2.45, 2.75) is 45.1 Å². The summed E-state index contributed by atoms with van der Waals surface area (Å²) in [4.78, 5) is 16.8. The van der Waals surface area contributed by atoms with Crippen molar-refractivity contribution >= 4 is 33.1 Å². The number of fused-ring (bicyclic) bond motifs is 1. The second-order valence-electron chi connectivity index (χ2n) is 5.98. The first kappa shape index (κ1) is 14.5. The fraction of sp³-hybridized carbons (Fsp3) is 0.500. The van der Waals surface area contributed by atoms with Crippen molar-refractivity contribution < 1.29 is 9.90 Å². The molecule has 0 aliphatic heterocycles. The Labute approximate surface area is 128 Å². The number of rotatable bonds is 3. The zero-order chi connectivity index (χ0) is 15.0. The smallest absolute Gasteiger partial charge is 0.230 e. The van der Waals surface area contributed by atoms with Crippen molar-refractivity contribution in [1.82, 2.24) is 4.98 Å². The van der Waals surface area contributed by atoms with Crippen LogP contribution < -0.4 is 5.32 Å². The minimum atomic E-state index is -0.496. The highest BCUT2D eigenvalue weighted by Crippen LogP contribution is 2.30. The van der Waals surface area contributed by atoms with Crippen LogP contribution in [0.4, 0.5) is 5.69 Å². The topological polar surface area (TPSA) is 62.2 Å². The summed E-state index contributed by atoms with van der Waals surface area (Å²) in [6, 6.07) is 5.79. The number of nitrogens with one attached hydrogen (secondary N) is 1. The number of amides is 1. The van der Waals surface area contributed by atoms with Gasteiger partial charge < -0.3 is 10.4 Å². The van der Waals surface area contributed by atoms with E-state index in [1.165, 1.54) is 0 Å². The third kappa shape index (κ3) is 2.94. The van der Waals surface area contributed by atoms with Crippen LogP contribution in [0.1, 0.15) is 44.0 Å². The Hall–Kier alpha value is -1.46. The van der Waals surface area contributed by atoms with E-state index in [1.807, 2.05) is 18.2 Å². The molecule has 2 aromatic rings. The minimum Gasteiger partial charge on any atom is -0.392 e. The number of hydrogen-bond acceptors (Lipinski definition) is 4. The first-order chi connectivity index (χ1) is 10.0. The van der Waals surface area contributed by atoms with Gasteiger partial charge in [0, 0.05) is 11.6 Å². The maximum atomic E-state index is 12.2. The Morgan fingerprint density at radius 3 is 2.90 bits per heavy atom. The summed E-state index contributed by atoms with van der Waals surface area (Å²) in [7, 11) is 0. The summed E-state index contributed by atoms with van der Waals surface area (Å²) in [5, 5.41) is 13.8. The molecule has 4 nitrogen and oxygen atoms in total. The molecule has 2 unspecified atom stereocenters. The van der Waals surface area contributed by atoms with E-state index < -0.39 is 6.10 Å². The quantitative estimate of drug-likeness (QED) is 0.912. The fourth-order valence-electron chi connectivity index (χ4n) is 2.75. The van der Waals surface area contributed by atoms with E-state index in [2.05, 4.69) is 24.1 Å². The highest BCUT2D eigenvalue weighted by Gasteiger charge is 2.31. The first-order valence-corrected chi connectivity index (χ1v) is 8.25. The molecular formula is C16H20N2O2S. The van der Waals surface area contributed by atoms with Gasteiger partial charge in [-0.1, -0.05) is 13.8 Å². The molecule has 1 heterocycles. The Balaban J connectivity index is 1.79. The third-order valence-corrected chi connectivity index (χ3v) is 5.30. The molecule has 1 aliphatic carbocycles. The first-order valence-electron chi connectivity index (χ1n) is 7.44. The maximum absolute atomic E-state index is 12.2. The lowest BCUT2D eigenvalue weighted by molar-refractivity contribution is -0.122. The van der Waals surface area contributed by atoms with Crippen LogP contribution in [0.15, 0.2) is 18.2 Å². The molecule has 5 heteroatoms. The third-order valence-electron chi connectivity index (χ3n) is 3.98. The molecule has 2 N–H and O–H groups in total. The number of aliphatic hydroxyl groups excluding tert-OH is 1. The van der Waals surface area contributed by atoms with E-state index in [0.29, 0.717) is 5.92 Å². The lowest BCUT2D eigenvalue weighted by Gasteiger charge is -2.14. The Morgan fingerprint density at radius 1 is 1.43 bits per heavy atom. The van der Waals surface area contributed by atoms with Crippen LogP contribution in [-0.2, 0) is 4.79 Å². The number of thiazole rings is 1. The number of anilines is 1. The molecule has 1 fully saturated rings. The molecule has 1 aliphatic rings. The van der Waals surface area contributed by atoms with E-state index in [-0.39, 0.29) is 11.8 Å². The van der Waals surface area contributed by atoms with Crippen molar-refractivity contribution in [2.24, 2.45) is 5.92 Å². The van der Waals surface area contributed by atoms with Crippen LogP contribution in [0, 0.1) is 5.92 Å². The van der Waals surface area contributed by atoms with Gasteiger partial charge in [0.2, 0.25) is 5.91 Å². The van der Waals surface area contributed by atoms with Gasteiger partial charge in [-0.15, -0.1) is 11.3 Å². The van der Waals surface area contributed by atoms with E-state index in [9.17, 15) is 9.90 Å². The summed E-state index contributed by atoms with van der Waals surface area (Å²) in [5.74, 6) is 0.0652. The molecule has 2 atom stereocenters. The van der Waals surface area contributed by atoms with Gasteiger partial charge in [0.25, 0.3) is 0 Å². The standard InChI is InChI=1S/C16H20N2O2S/c1-9(2)16-18-12-7-6-10(8-14(12)21-16)17-15(20)11-4-3-5-13(11)19/h6-9,11,13,19H,3-5H2,1-2H3,(H,17,20). The number of benzene rings is 1. The summed E-state index contributed by atoms with van der Waals surface area (Å²) >= 11 is 1.67. The summed E-state index contributed by atoms with van der Waals surface area (Å²) < 4.78 is 1.09. The number of aromatic nitrogens is 1. The van der Waals surface area contributed by atoms with Crippen molar-refractivity contribution in [3.63, 3.8) is 0 Å². The lowest BCUT2D eigenvalue weighted by Crippen LogP contribution is -2.28. The second kappa shape index (κ2) is 5.73. The van der Waals surface area contributed by atoms with Crippen molar-refractivity contribution in [1.29, 1.82) is 0 Å². The average molecular weight is 304 g/mol. The van der Waals surface area contributed by atoms with Crippen LogP contribution in [0.3, 0.4) is 0 Å². The molecule has 21 heavy (non-hydrogen) atoms. The van der Waals surface area contributed by atoms with Gasteiger partial charge in [-0.2, -0.15) is 0 Å². The average Bonchev–Trinajstić information content (AvgIpc) is 3.04. The van der Waals surface area contributed by atoms with Gasteiger partial charge >= 0.3 is 0 Å². The van der Waals surface area contributed by atoms with Gasteiger partial charge in [-0.25, -0.2) is 4.98 Å². The Bertz CT molecular complexity index is 665. The normalized spacial score (nSPS) is 22.1. The summed E-state index contributed by atoms with van der Waals surface area (Å²) in [6.07, 6.45) is 1.92. The predicted molar refractivity (Wildman–Crippen MR) is 85.7 cm³/mol. The molecule has 3 rings (SSSR count). The zero-order valence-corrected chi connectivity index (χ0v) is 13.1. The predicted octanol–water partition coefficient (Wildman–Crippen LogP) is 3.52. The molecular weight excluding hydrogens is 284 g/mol. The fourth-order valence-corrected chi connectivity index (χ4v) is 3.76. The molecule has 0 saturated heterocycles. The minimum absolute atomic E-state index is 0.0760. The van der Waals surface area contributed by atoms with Gasteiger partial charge in [0.05, 0.1) is 27.2 Å². The van der Waals surface area contributed by atoms with Gasteiger partial charge in [-0.3, -0.25) is 4.79 Å². The number of nitrogens with zero attached hydrogens (tertiary/aromatic N) is 1. The second-order valence-corrected chi connectivity index (χ2v) is 7.05. The van der Waals surface area contributed by atoms with Gasteiger partial charge in [0.1, 0.15) is 0 Å². The SMILES string of the molecule is CC(C)c1nc2ccc(NC(=O)C3CCCC3O)cc2s1. The molecule has 0 bridgehead atoms. The van der Waals surface area contributed by atoms with E-state index in [0.717, 1.165) is 40.2 Å². The number of carbonyl (C=O) groups excluding carboxylic acids is 1. The summed E-state index contributed by atoms with van der Waals surface area (Å²) in [5.41, 5.74) is 1.76. The van der Waals surface area contributed by atoms with Crippen LogP contribution in [0.5, 0.6) is 0 Å².